The first kappa shape index (κ1) is 63.0. The third-order valence-corrected chi connectivity index (χ3v) is 13.6. The monoisotopic (exact) mass is 926 g/mol. The van der Waals surface area contributed by atoms with E-state index < -0.39 is 20.0 Å². The number of nitrogens with zero attached hydrogens (tertiary/aromatic N) is 1. The van der Waals surface area contributed by atoms with E-state index in [1.807, 2.05) is 27.2 Å². The molecule has 380 valence electrons. The third-order valence-electron chi connectivity index (χ3n) is 12.7. The average molecular weight is 926 g/mol. The molecule has 3 atom stereocenters. The van der Waals surface area contributed by atoms with Gasteiger partial charge in [-0.1, -0.05) is 244 Å². The molecular formula is C55H110N2O6P+. The van der Waals surface area contributed by atoms with E-state index in [2.05, 4.69) is 31.3 Å². The first-order valence-electron chi connectivity index (χ1n) is 27.7. The minimum absolute atomic E-state index is 0.0614. The van der Waals surface area contributed by atoms with Crippen molar-refractivity contribution in [2.45, 2.75) is 283 Å². The molecule has 1 amide bonds. The van der Waals surface area contributed by atoms with E-state index in [0.717, 1.165) is 51.4 Å². The van der Waals surface area contributed by atoms with Crippen LogP contribution < -0.4 is 5.32 Å². The van der Waals surface area contributed by atoms with E-state index in [9.17, 15) is 19.4 Å². The Bertz CT molecular complexity index is 1090. The standard InChI is InChI=1S/C55H109N2O6P/c1-6-8-10-12-14-16-18-20-22-23-24-25-26-27-28-29-30-31-32-33-35-36-38-40-42-44-46-48-54(58)53(52-63-64(60,61)62-51-50-57(3,4)5)56-55(59)49-47-45-43-41-39-37-34-21-19-17-15-13-11-9-7-2/h21,34,46,48,53-54,58H,6-20,22-33,35-45,47,49-52H2,1-5H3,(H-,56,59,60,61)/p+1/b34-21-,48-46+. The first-order valence-corrected chi connectivity index (χ1v) is 29.2. The number of nitrogens with one attached hydrogen (secondary N) is 1. The molecule has 0 saturated carbocycles. The van der Waals surface area contributed by atoms with E-state index in [4.69, 9.17) is 9.05 Å². The lowest BCUT2D eigenvalue weighted by molar-refractivity contribution is -0.870. The molecule has 3 unspecified atom stereocenters. The summed E-state index contributed by atoms with van der Waals surface area (Å²) in [5, 5.41) is 13.9. The van der Waals surface area contributed by atoms with Crippen LogP contribution in [0, 0.1) is 0 Å². The van der Waals surface area contributed by atoms with E-state index in [1.165, 1.54) is 199 Å². The zero-order valence-electron chi connectivity index (χ0n) is 43.3. The molecule has 0 radical (unpaired) electrons. The molecule has 0 aromatic carbocycles. The lowest BCUT2D eigenvalue weighted by Gasteiger charge is -2.25. The fraction of sp³-hybridized carbons (Fsp3) is 0.909. The number of allylic oxidation sites excluding steroid dienone is 3. The molecule has 3 N–H and O–H groups in total. The van der Waals surface area contributed by atoms with Crippen LogP contribution in [0.4, 0.5) is 0 Å². The molecule has 0 heterocycles. The number of phosphoric ester groups is 1. The Morgan fingerprint density at radius 2 is 0.844 bits per heavy atom. The molecule has 0 aliphatic rings. The molecule has 0 saturated heterocycles. The van der Waals surface area contributed by atoms with Gasteiger partial charge < -0.3 is 19.8 Å². The minimum Gasteiger partial charge on any atom is -0.387 e. The zero-order chi connectivity index (χ0) is 47.1. The van der Waals surface area contributed by atoms with Gasteiger partial charge in [0.1, 0.15) is 13.2 Å². The number of carbonyl (C=O) groups is 1. The number of unbranched alkanes of at least 4 members (excludes halogenated alkanes) is 36. The van der Waals surface area contributed by atoms with Gasteiger partial charge in [-0.2, -0.15) is 0 Å². The van der Waals surface area contributed by atoms with Crippen LogP contribution in [0.15, 0.2) is 24.3 Å². The van der Waals surface area contributed by atoms with Crippen molar-refractivity contribution in [2.24, 2.45) is 0 Å². The molecule has 0 aliphatic heterocycles. The van der Waals surface area contributed by atoms with Crippen LogP contribution in [0.1, 0.15) is 271 Å². The lowest BCUT2D eigenvalue weighted by atomic mass is 10.0. The van der Waals surface area contributed by atoms with Gasteiger partial charge in [-0.05, 0) is 44.9 Å². The van der Waals surface area contributed by atoms with Gasteiger partial charge in [0.15, 0.2) is 0 Å². The molecule has 9 heteroatoms. The number of hydrogen-bond donors (Lipinski definition) is 3. The number of likely N-dealkylation sites (N-methyl/N-ethyl adjacent to an activating group) is 1. The summed E-state index contributed by atoms with van der Waals surface area (Å²) in [6.07, 6.45) is 58.5. The summed E-state index contributed by atoms with van der Waals surface area (Å²) in [5.74, 6) is -0.183. The Labute approximate surface area is 398 Å². The maximum absolute atomic E-state index is 12.9. The second-order valence-corrected chi connectivity index (χ2v) is 21.8. The van der Waals surface area contributed by atoms with Gasteiger partial charge in [0.25, 0.3) is 0 Å². The smallest absolute Gasteiger partial charge is 0.387 e. The van der Waals surface area contributed by atoms with Crippen molar-refractivity contribution in [1.29, 1.82) is 0 Å². The molecule has 0 rings (SSSR count). The van der Waals surface area contributed by atoms with Crippen LogP contribution in [0.25, 0.3) is 0 Å². The predicted molar refractivity (Wildman–Crippen MR) is 277 cm³/mol. The summed E-state index contributed by atoms with van der Waals surface area (Å²) in [6, 6.07) is -0.849. The third kappa shape index (κ3) is 48.9. The summed E-state index contributed by atoms with van der Waals surface area (Å²) < 4.78 is 23.7. The van der Waals surface area contributed by atoms with Gasteiger partial charge in [-0.15, -0.1) is 0 Å². The molecule has 8 nitrogen and oxygen atoms in total. The number of hydrogen-bond acceptors (Lipinski definition) is 5. The lowest BCUT2D eigenvalue weighted by Crippen LogP contribution is -2.45. The molecule has 64 heavy (non-hydrogen) atoms. The molecular weight excluding hydrogens is 816 g/mol. The Hall–Kier alpha value is -1.02. The summed E-state index contributed by atoms with van der Waals surface area (Å²) in [7, 11) is 1.58. The van der Waals surface area contributed by atoms with Crippen LogP contribution in [-0.4, -0.2) is 73.4 Å². The van der Waals surface area contributed by atoms with Crippen LogP contribution in [0.2, 0.25) is 0 Å². The number of quaternary nitrogens is 1. The molecule has 0 spiro atoms. The van der Waals surface area contributed by atoms with Crippen LogP contribution in [0.3, 0.4) is 0 Å². The van der Waals surface area contributed by atoms with Crippen molar-refractivity contribution < 1.29 is 32.9 Å². The molecule has 0 aliphatic carbocycles. The Kier molecular flexibility index (Phi) is 46.3. The van der Waals surface area contributed by atoms with Crippen molar-refractivity contribution >= 4 is 13.7 Å². The summed E-state index contributed by atoms with van der Waals surface area (Å²) in [6.45, 7) is 4.83. The number of carbonyl (C=O) groups excluding carboxylic acids is 1. The number of rotatable bonds is 51. The SMILES string of the molecule is CCCCCCCC/C=C\CCCCCCCC(=O)NC(COP(=O)(O)OCC[N+](C)(C)C)C(O)/C=C/CCCCCCCCCCCCCCCCCCCCCCCCCCC. The van der Waals surface area contributed by atoms with Crippen molar-refractivity contribution in [3.05, 3.63) is 24.3 Å². The van der Waals surface area contributed by atoms with Gasteiger partial charge in [0.05, 0.1) is 39.9 Å². The highest BCUT2D eigenvalue weighted by molar-refractivity contribution is 7.47. The van der Waals surface area contributed by atoms with Crippen LogP contribution in [0.5, 0.6) is 0 Å². The van der Waals surface area contributed by atoms with E-state index in [1.54, 1.807) is 6.08 Å². The number of aliphatic hydroxyl groups excluding tert-OH is 1. The number of aliphatic hydroxyl groups is 1. The number of phosphoric acid groups is 1. The van der Waals surface area contributed by atoms with E-state index in [-0.39, 0.29) is 19.1 Å². The highest BCUT2D eigenvalue weighted by Crippen LogP contribution is 2.43. The van der Waals surface area contributed by atoms with Gasteiger partial charge >= 0.3 is 7.82 Å². The predicted octanol–water partition coefficient (Wildman–Crippen LogP) is 16.4. The van der Waals surface area contributed by atoms with E-state index >= 15 is 0 Å². The maximum atomic E-state index is 12.9. The molecule has 0 bridgehead atoms. The average Bonchev–Trinajstić information content (AvgIpc) is 3.25. The van der Waals surface area contributed by atoms with Gasteiger partial charge in [-0.25, -0.2) is 4.57 Å². The van der Waals surface area contributed by atoms with Crippen molar-refractivity contribution in [2.75, 3.05) is 40.9 Å². The summed E-state index contributed by atoms with van der Waals surface area (Å²) in [4.78, 5) is 23.2. The second kappa shape index (κ2) is 47.1. The van der Waals surface area contributed by atoms with Crippen LogP contribution in [-0.2, 0) is 18.4 Å². The van der Waals surface area contributed by atoms with Crippen molar-refractivity contribution in [3.8, 4) is 0 Å². The van der Waals surface area contributed by atoms with Gasteiger partial charge in [-0.3, -0.25) is 13.8 Å². The maximum Gasteiger partial charge on any atom is 0.472 e. The van der Waals surface area contributed by atoms with E-state index in [0.29, 0.717) is 17.4 Å². The van der Waals surface area contributed by atoms with Crippen LogP contribution >= 0.6 is 7.82 Å². The quantitative estimate of drug-likeness (QED) is 0.0243. The molecule has 0 aromatic heterocycles. The second-order valence-electron chi connectivity index (χ2n) is 20.3. The highest BCUT2D eigenvalue weighted by atomic mass is 31.2. The Balaban J connectivity index is 4.18. The number of amides is 1. The zero-order valence-corrected chi connectivity index (χ0v) is 44.2. The molecule has 0 fully saturated rings. The summed E-state index contributed by atoms with van der Waals surface area (Å²) >= 11 is 0. The normalized spacial score (nSPS) is 14.2. The first-order chi connectivity index (χ1) is 31.0. The molecule has 0 aromatic rings. The largest absolute Gasteiger partial charge is 0.472 e. The Morgan fingerprint density at radius 1 is 0.516 bits per heavy atom. The fourth-order valence-corrected chi connectivity index (χ4v) is 9.01. The van der Waals surface area contributed by atoms with Gasteiger partial charge in [0, 0.05) is 6.42 Å². The minimum atomic E-state index is -4.34. The van der Waals surface area contributed by atoms with Crippen molar-refractivity contribution in [3.63, 3.8) is 0 Å². The van der Waals surface area contributed by atoms with Crippen molar-refractivity contribution in [1.82, 2.24) is 5.32 Å². The fourth-order valence-electron chi connectivity index (χ4n) is 8.27. The van der Waals surface area contributed by atoms with Gasteiger partial charge in [0.2, 0.25) is 5.91 Å². The highest BCUT2D eigenvalue weighted by Gasteiger charge is 2.27. The topological polar surface area (TPSA) is 105 Å². The summed E-state index contributed by atoms with van der Waals surface area (Å²) in [5.41, 5.74) is 0. The Morgan fingerprint density at radius 3 is 1.20 bits per heavy atom.